The van der Waals surface area contributed by atoms with Gasteiger partial charge in [-0.05, 0) is 24.4 Å². The molecule has 1 aromatic carbocycles. The normalized spacial score (nSPS) is 16.8. The molecule has 2 heterocycles. The predicted molar refractivity (Wildman–Crippen MR) is 69.1 cm³/mol. The summed E-state index contributed by atoms with van der Waals surface area (Å²) in [5.74, 6) is 0. The van der Waals surface area contributed by atoms with Crippen LogP contribution >= 0.6 is 0 Å². The molecule has 0 saturated carbocycles. The molecule has 0 unspecified atom stereocenters. The molecular formula is C13H16N4O. The monoisotopic (exact) mass is 244 g/mol. The van der Waals surface area contributed by atoms with Gasteiger partial charge in [0.1, 0.15) is 5.52 Å². The number of aromatic nitrogens is 3. The quantitative estimate of drug-likeness (QED) is 0.815. The number of para-hydroxylation sites is 1. The minimum Gasteiger partial charge on any atom is -0.378 e. The number of fused-ring (bicyclic) bond motifs is 1. The van der Waals surface area contributed by atoms with Gasteiger partial charge < -0.3 is 9.64 Å². The molecule has 0 radical (unpaired) electrons. The van der Waals surface area contributed by atoms with Gasteiger partial charge in [-0.3, -0.25) is 0 Å². The summed E-state index contributed by atoms with van der Waals surface area (Å²) in [5.41, 5.74) is 2.02. The van der Waals surface area contributed by atoms with Crippen LogP contribution in [0.3, 0.4) is 0 Å². The molecule has 0 amide bonds. The first kappa shape index (κ1) is 11.2. The summed E-state index contributed by atoms with van der Waals surface area (Å²) in [6.07, 6.45) is 4.24. The average Bonchev–Trinajstić information content (AvgIpc) is 2.84. The molecule has 5 nitrogen and oxygen atoms in total. The van der Waals surface area contributed by atoms with Crippen LogP contribution < -0.4 is 0 Å². The minimum atomic E-state index is 0.748. The van der Waals surface area contributed by atoms with Gasteiger partial charge in [-0.25, -0.2) is 4.68 Å². The van der Waals surface area contributed by atoms with Crippen LogP contribution in [0.15, 0.2) is 36.5 Å². The van der Waals surface area contributed by atoms with Crippen LogP contribution in [0, 0.1) is 0 Å². The van der Waals surface area contributed by atoms with Crippen molar-refractivity contribution >= 4 is 11.0 Å². The molecule has 0 bridgehead atoms. The summed E-state index contributed by atoms with van der Waals surface area (Å²) < 4.78 is 7.22. The van der Waals surface area contributed by atoms with Gasteiger partial charge in [-0.2, -0.15) is 0 Å². The molecule has 1 aliphatic heterocycles. The maximum absolute atomic E-state index is 5.31. The lowest BCUT2D eigenvalue weighted by Gasteiger charge is -2.24. The van der Waals surface area contributed by atoms with E-state index in [1.807, 2.05) is 28.9 Å². The smallest absolute Gasteiger partial charge is 0.113 e. The fourth-order valence-electron chi connectivity index (χ4n) is 2.07. The molecule has 18 heavy (non-hydrogen) atoms. The van der Waals surface area contributed by atoms with Gasteiger partial charge in [0, 0.05) is 13.1 Å². The first-order valence-corrected chi connectivity index (χ1v) is 6.20. The summed E-state index contributed by atoms with van der Waals surface area (Å²) in [6, 6.07) is 8.00. The van der Waals surface area contributed by atoms with Gasteiger partial charge in [-0.15, -0.1) is 5.10 Å². The lowest BCUT2D eigenvalue weighted by Crippen LogP contribution is -2.32. The van der Waals surface area contributed by atoms with Crippen molar-refractivity contribution in [1.29, 1.82) is 0 Å². The Bertz CT molecular complexity index is 543. The molecule has 94 valence electrons. The van der Waals surface area contributed by atoms with E-state index in [1.54, 1.807) is 0 Å². The Balaban J connectivity index is 1.67. The van der Waals surface area contributed by atoms with Gasteiger partial charge >= 0.3 is 0 Å². The SMILES string of the molecule is C(=CN1CCOCC1)Cn1nnc2ccccc21. The van der Waals surface area contributed by atoms with Crippen LogP contribution in [0.5, 0.6) is 0 Å². The third-order valence-electron chi connectivity index (χ3n) is 3.06. The van der Waals surface area contributed by atoms with Crippen LogP contribution in [0.2, 0.25) is 0 Å². The van der Waals surface area contributed by atoms with Gasteiger partial charge in [-0.1, -0.05) is 17.3 Å². The van der Waals surface area contributed by atoms with Crippen LogP contribution in [0.1, 0.15) is 0 Å². The second kappa shape index (κ2) is 5.18. The molecule has 0 aliphatic carbocycles. The summed E-state index contributed by atoms with van der Waals surface area (Å²) in [7, 11) is 0. The van der Waals surface area contributed by atoms with Crippen molar-refractivity contribution in [3.63, 3.8) is 0 Å². The van der Waals surface area contributed by atoms with Crippen molar-refractivity contribution in [3.05, 3.63) is 36.5 Å². The summed E-state index contributed by atoms with van der Waals surface area (Å²) in [4.78, 5) is 2.27. The van der Waals surface area contributed by atoms with Crippen molar-refractivity contribution in [1.82, 2.24) is 19.9 Å². The molecule has 5 heteroatoms. The van der Waals surface area contributed by atoms with Crippen molar-refractivity contribution in [2.45, 2.75) is 6.54 Å². The van der Waals surface area contributed by atoms with Gasteiger partial charge in [0.05, 0.1) is 25.3 Å². The number of morpholine rings is 1. The third-order valence-corrected chi connectivity index (χ3v) is 3.06. The highest BCUT2D eigenvalue weighted by Gasteiger charge is 2.05. The molecule has 1 aromatic heterocycles. The van der Waals surface area contributed by atoms with E-state index in [1.165, 1.54) is 0 Å². The molecular weight excluding hydrogens is 228 g/mol. The average molecular weight is 244 g/mol. The minimum absolute atomic E-state index is 0.748. The largest absolute Gasteiger partial charge is 0.378 e. The lowest BCUT2D eigenvalue weighted by atomic mass is 10.3. The number of hydrogen-bond donors (Lipinski definition) is 0. The number of hydrogen-bond acceptors (Lipinski definition) is 4. The first-order chi connectivity index (χ1) is 8.93. The van der Waals surface area contributed by atoms with Crippen molar-refractivity contribution in [2.24, 2.45) is 0 Å². The maximum Gasteiger partial charge on any atom is 0.113 e. The van der Waals surface area contributed by atoms with Crippen LogP contribution in [0.25, 0.3) is 11.0 Å². The number of nitrogens with zero attached hydrogens (tertiary/aromatic N) is 4. The Morgan fingerprint density at radius 2 is 2.06 bits per heavy atom. The van der Waals surface area contributed by atoms with Crippen molar-refractivity contribution in [3.8, 4) is 0 Å². The first-order valence-electron chi connectivity index (χ1n) is 6.20. The summed E-state index contributed by atoms with van der Waals surface area (Å²) in [6.45, 7) is 4.31. The van der Waals surface area contributed by atoms with E-state index in [-0.39, 0.29) is 0 Å². The topological polar surface area (TPSA) is 43.2 Å². The van der Waals surface area contributed by atoms with Crippen molar-refractivity contribution in [2.75, 3.05) is 26.3 Å². The molecule has 1 aliphatic rings. The van der Waals surface area contributed by atoms with E-state index in [4.69, 9.17) is 4.74 Å². The predicted octanol–water partition coefficient (Wildman–Crippen LogP) is 1.28. The number of rotatable bonds is 3. The van der Waals surface area contributed by atoms with E-state index in [0.717, 1.165) is 43.9 Å². The Kier molecular flexibility index (Phi) is 3.23. The highest BCUT2D eigenvalue weighted by atomic mass is 16.5. The Labute approximate surface area is 106 Å². The Morgan fingerprint density at radius 1 is 1.22 bits per heavy atom. The molecule has 3 rings (SSSR count). The fraction of sp³-hybridized carbons (Fsp3) is 0.385. The zero-order chi connectivity index (χ0) is 12.2. The summed E-state index contributed by atoms with van der Waals surface area (Å²) in [5, 5.41) is 8.28. The van der Waals surface area contributed by atoms with Crippen LogP contribution in [-0.2, 0) is 11.3 Å². The lowest BCUT2D eigenvalue weighted by molar-refractivity contribution is 0.0592. The van der Waals surface area contributed by atoms with Gasteiger partial charge in [0.25, 0.3) is 0 Å². The second-order valence-electron chi connectivity index (χ2n) is 4.29. The fourth-order valence-corrected chi connectivity index (χ4v) is 2.07. The standard InChI is InChI=1S/C13H16N4O/c1-2-5-13-12(4-1)14-15-17(13)7-3-6-16-8-10-18-11-9-16/h1-6H,7-11H2. The van der Waals surface area contributed by atoms with E-state index in [0.29, 0.717) is 0 Å². The van der Waals surface area contributed by atoms with Gasteiger partial charge in [0.2, 0.25) is 0 Å². The van der Waals surface area contributed by atoms with Crippen molar-refractivity contribution < 1.29 is 4.74 Å². The molecule has 0 atom stereocenters. The zero-order valence-corrected chi connectivity index (χ0v) is 10.2. The van der Waals surface area contributed by atoms with Crippen LogP contribution in [0.4, 0.5) is 0 Å². The highest BCUT2D eigenvalue weighted by molar-refractivity contribution is 5.73. The van der Waals surface area contributed by atoms with Gasteiger partial charge in [0.15, 0.2) is 0 Å². The van der Waals surface area contributed by atoms with E-state index < -0.39 is 0 Å². The maximum atomic E-state index is 5.31. The zero-order valence-electron chi connectivity index (χ0n) is 10.2. The number of benzene rings is 1. The Hall–Kier alpha value is -1.88. The third kappa shape index (κ3) is 2.36. The molecule has 0 spiro atoms. The highest BCUT2D eigenvalue weighted by Crippen LogP contribution is 2.09. The second-order valence-corrected chi connectivity index (χ2v) is 4.29. The molecule has 2 aromatic rings. The number of ether oxygens (including phenoxy) is 1. The van der Waals surface area contributed by atoms with E-state index in [2.05, 4.69) is 27.5 Å². The van der Waals surface area contributed by atoms with Crippen LogP contribution in [-0.4, -0.2) is 46.2 Å². The Morgan fingerprint density at radius 3 is 2.94 bits per heavy atom. The molecule has 1 fully saturated rings. The van der Waals surface area contributed by atoms with E-state index >= 15 is 0 Å². The summed E-state index contributed by atoms with van der Waals surface area (Å²) >= 11 is 0. The molecule has 0 N–H and O–H groups in total. The number of allylic oxidation sites excluding steroid dienone is 1. The molecule has 1 saturated heterocycles. The van der Waals surface area contributed by atoms with E-state index in [9.17, 15) is 0 Å².